The lowest BCUT2D eigenvalue weighted by Gasteiger charge is -2.32. The average molecular weight is 317 g/mol. The van der Waals surface area contributed by atoms with Crippen molar-refractivity contribution >= 4 is 15.9 Å². The van der Waals surface area contributed by atoms with Gasteiger partial charge in [-0.25, -0.2) is 0 Å². The summed E-state index contributed by atoms with van der Waals surface area (Å²) in [6, 6.07) is 14.6. The van der Waals surface area contributed by atoms with Gasteiger partial charge in [0.25, 0.3) is 0 Å². The Morgan fingerprint density at radius 2 is 2.05 bits per heavy atom. The molecular weight excluding hydrogens is 300 g/mol. The monoisotopic (exact) mass is 316 g/mol. The van der Waals surface area contributed by atoms with Crippen LogP contribution in [0.25, 0.3) is 0 Å². The van der Waals surface area contributed by atoms with Crippen LogP contribution in [0.5, 0.6) is 0 Å². The van der Waals surface area contributed by atoms with Crippen LogP contribution < -0.4 is 0 Å². The van der Waals surface area contributed by atoms with Crippen LogP contribution in [-0.2, 0) is 6.42 Å². The van der Waals surface area contributed by atoms with Gasteiger partial charge in [0.15, 0.2) is 0 Å². The molecule has 0 saturated carbocycles. The molecule has 2 heteroatoms. The molecule has 0 fully saturated rings. The van der Waals surface area contributed by atoms with Crippen LogP contribution in [-0.4, -0.2) is 5.11 Å². The minimum Gasteiger partial charge on any atom is -0.388 e. The predicted molar refractivity (Wildman–Crippen MR) is 81.3 cm³/mol. The van der Waals surface area contributed by atoms with E-state index in [-0.39, 0.29) is 6.10 Å². The smallest absolute Gasteiger partial charge is 0.0798 e. The normalized spacial score (nSPS) is 18.6. The Hall–Kier alpha value is -1.12. The van der Waals surface area contributed by atoms with E-state index in [2.05, 4.69) is 53.2 Å². The Morgan fingerprint density at radius 3 is 2.79 bits per heavy atom. The quantitative estimate of drug-likeness (QED) is 0.882. The lowest BCUT2D eigenvalue weighted by atomic mass is 9.74. The molecule has 0 heterocycles. The van der Waals surface area contributed by atoms with Crippen molar-refractivity contribution in [1.82, 2.24) is 0 Å². The van der Waals surface area contributed by atoms with Gasteiger partial charge in [0, 0.05) is 4.47 Å². The van der Waals surface area contributed by atoms with Crippen LogP contribution >= 0.6 is 15.9 Å². The fraction of sp³-hybridized carbons (Fsp3) is 0.294. The summed E-state index contributed by atoms with van der Waals surface area (Å²) in [7, 11) is 0. The van der Waals surface area contributed by atoms with Gasteiger partial charge in [-0.1, -0.05) is 46.3 Å². The van der Waals surface area contributed by atoms with Crippen LogP contribution in [0, 0.1) is 6.92 Å². The number of rotatable bonds is 3. The molecule has 19 heavy (non-hydrogen) atoms. The minimum absolute atomic E-state index is 0.369. The summed E-state index contributed by atoms with van der Waals surface area (Å²) in [5.74, 6) is 0.509. The van der Waals surface area contributed by atoms with E-state index < -0.39 is 0 Å². The van der Waals surface area contributed by atoms with Gasteiger partial charge in [0.1, 0.15) is 0 Å². The highest BCUT2D eigenvalue weighted by Crippen LogP contribution is 2.41. The summed E-state index contributed by atoms with van der Waals surface area (Å²) in [5, 5.41) is 10.4. The van der Waals surface area contributed by atoms with E-state index >= 15 is 0 Å². The second-order valence-electron chi connectivity index (χ2n) is 5.35. The Morgan fingerprint density at radius 1 is 1.26 bits per heavy atom. The first-order chi connectivity index (χ1) is 9.15. The van der Waals surface area contributed by atoms with Crippen molar-refractivity contribution in [2.75, 3.05) is 0 Å². The van der Waals surface area contributed by atoms with Crippen molar-refractivity contribution in [3.63, 3.8) is 0 Å². The Balaban J connectivity index is 1.75. The molecule has 0 amide bonds. The van der Waals surface area contributed by atoms with Gasteiger partial charge in [0.2, 0.25) is 0 Å². The largest absolute Gasteiger partial charge is 0.388 e. The van der Waals surface area contributed by atoms with E-state index in [1.54, 1.807) is 0 Å². The van der Waals surface area contributed by atoms with Gasteiger partial charge in [-0.05, 0) is 60.1 Å². The Kier molecular flexibility index (Phi) is 3.46. The van der Waals surface area contributed by atoms with Crippen molar-refractivity contribution in [3.05, 3.63) is 69.2 Å². The molecule has 2 atom stereocenters. The van der Waals surface area contributed by atoms with Crippen molar-refractivity contribution < 1.29 is 5.11 Å². The second kappa shape index (κ2) is 5.10. The highest BCUT2D eigenvalue weighted by atomic mass is 79.9. The molecule has 0 spiro atoms. The molecule has 0 bridgehead atoms. The molecular formula is C17H17BrO. The molecule has 3 rings (SSSR count). The van der Waals surface area contributed by atoms with Gasteiger partial charge >= 0.3 is 0 Å². The van der Waals surface area contributed by atoms with Gasteiger partial charge < -0.3 is 5.11 Å². The third-order valence-corrected chi connectivity index (χ3v) is 4.55. The van der Waals surface area contributed by atoms with Gasteiger partial charge in [-0.3, -0.25) is 0 Å². The Labute approximate surface area is 122 Å². The van der Waals surface area contributed by atoms with E-state index in [0.717, 1.165) is 28.4 Å². The molecule has 2 aromatic rings. The zero-order chi connectivity index (χ0) is 13.4. The predicted octanol–water partition coefficient (Wildman–Crippen LogP) is 4.52. The molecule has 1 aliphatic rings. The van der Waals surface area contributed by atoms with Gasteiger partial charge in [-0.15, -0.1) is 0 Å². The fourth-order valence-corrected chi connectivity index (χ4v) is 3.46. The zero-order valence-electron chi connectivity index (χ0n) is 10.9. The third-order valence-electron chi connectivity index (χ3n) is 4.06. The van der Waals surface area contributed by atoms with E-state index in [1.165, 1.54) is 11.1 Å². The lowest BCUT2D eigenvalue weighted by Crippen LogP contribution is -2.19. The maximum Gasteiger partial charge on any atom is 0.0798 e. The molecule has 1 N–H and O–H groups in total. The zero-order valence-corrected chi connectivity index (χ0v) is 12.5. The Bertz CT molecular complexity index is 606. The summed E-state index contributed by atoms with van der Waals surface area (Å²) in [6.45, 7) is 2.05. The number of benzene rings is 2. The molecule has 0 radical (unpaired) electrons. The molecule has 0 aliphatic heterocycles. The van der Waals surface area contributed by atoms with Crippen LogP contribution in [0.2, 0.25) is 0 Å². The number of hydrogen-bond donors (Lipinski definition) is 1. The summed E-state index contributed by atoms with van der Waals surface area (Å²) < 4.78 is 1.06. The second-order valence-corrected chi connectivity index (χ2v) is 6.27. The van der Waals surface area contributed by atoms with Crippen molar-refractivity contribution in [1.29, 1.82) is 0 Å². The molecule has 98 valence electrons. The number of fused-ring (bicyclic) bond motifs is 1. The third kappa shape index (κ3) is 2.47. The van der Waals surface area contributed by atoms with Crippen molar-refractivity contribution in [2.24, 2.45) is 0 Å². The maximum atomic E-state index is 10.4. The van der Waals surface area contributed by atoms with E-state index in [4.69, 9.17) is 0 Å². The van der Waals surface area contributed by atoms with Crippen molar-refractivity contribution in [3.8, 4) is 0 Å². The molecule has 1 aliphatic carbocycles. The number of halogens is 1. The highest BCUT2D eigenvalue weighted by Gasteiger charge is 2.28. The number of aliphatic hydroxyl groups is 1. The maximum absolute atomic E-state index is 10.4. The lowest BCUT2D eigenvalue weighted by molar-refractivity contribution is 0.153. The topological polar surface area (TPSA) is 20.2 Å². The van der Waals surface area contributed by atoms with Gasteiger partial charge in [0.05, 0.1) is 6.10 Å². The van der Waals surface area contributed by atoms with Crippen LogP contribution in [0.15, 0.2) is 46.9 Å². The first kappa shape index (κ1) is 12.9. The summed E-state index contributed by atoms with van der Waals surface area (Å²) in [5.41, 5.74) is 5.05. The number of aryl methyl sites for hydroxylation is 1. The van der Waals surface area contributed by atoms with Crippen LogP contribution in [0.1, 0.15) is 40.7 Å². The minimum atomic E-state index is -0.369. The summed E-state index contributed by atoms with van der Waals surface area (Å²) >= 11 is 3.46. The molecule has 1 nitrogen and oxygen atoms in total. The van der Waals surface area contributed by atoms with E-state index in [1.807, 2.05) is 12.1 Å². The first-order valence-electron chi connectivity index (χ1n) is 6.67. The van der Waals surface area contributed by atoms with E-state index in [9.17, 15) is 5.11 Å². The number of aliphatic hydroxyl groups excluding tert-OH is 1. The average Bonchev–Trinajstić information content (AvgIpc) is 2.35. The SMILES string of the molecule is Cc1cc(Br)ccc1C(O)CC1Cc2ccccc21. The van der Waals surface area contributed by atoms with Crippen molar-refractivity contribution in [2.45, 2.75) is 31.8 Å². The standard InChI is InChI=1S/C17H17BrO/c1-11-8-14(18)6-7-15(11)17(19)10-13-9-12-4-2-3-5-16(12)13/h2-8,13,17,19H,9-10H2,1H3. The first-order valence-corrected chi connectivity index (χ1v) is 7.46. The molecule has 0 aromatic heterocycles. The fourth-order valence-electron chi connectivity index (χ4n) is 2.98. The van der Waals surface area contributed by atoms with Crippen LogP contribution in [0.4, 0.5) is 0 Å². The highest BCUT2D eigenvalue weighted by molar-refractivity contribution is 9.10. The molecule has 2 unspecified atom stereocenters. The van der Waals surface area contributed by atoms with E-state index in [0.29, 0.717) is 5.92 Å². The molecule has 0 saturated heterocycles. The van der Waals surface area contributed by atoms with Crippen LogP contribution in [0.3, 0.4) is 0 Å². The molecule has 2 aromatic carbocycles. The van der Waals surface area contributed by atoms with Gasteiger partial charge in [-0.2, -0.15) is 0 Å². The summed E-state index contributed by atoms with van der Waals surface area (Å²) in [6.07, 6.45) is 1.55. The number of hydrogen-bond acceptors (Lipinski definition) is 1. The summed E-state index contributed by atoms with van der Waals surface area (Å²) in [4.78, 5) is 0.